The largest absolute Gasteiger partial charge is 0.494 e. The van der Waals surface area contributed by atoms with Gasteiger partial charge in [0.2, 0.25) is 0 Å². The highest BCUT2D eigenvalue weighted by Gasteiger charge is 2.17. The summed E-state index contributed by atoms with van der Waals surface area (Å²) in [4.78, 5) is 12.5. The van der Waals surface area contributed by atoms with Gasteiger partial charge in [-0.25, -0.2) is 18.0 Å². The van der Waals surface area contributed by atoms with E-state index in [0.29, 0.717) is 23.5 Å². The molecule has 7 heteroatoms. The fourth-order valence-electron chi connectivity index (χ4n) is 3.66. The summed E-state index contributed by atoms with van der Waals surface area (Å²) in [7, 11) is 0. The zero-order chi connectivity index (χ0) is 26.4. The molecule has 0 atom stereocenters. The Morgan fingerprint density at radius 3 is 1.89 bits per heavy atom. The highest BCUT2D eigenvalue weighted by molar-refractivity contribution is 5.91. The molecule has 0 bridgehead atoms. The van der Waals surface area contributed by atoms with Crippen molar-refractivity contribution in [1.82, 2.24) is 0 Å². The smallest absolute Gasteiger partial charge is 0.343 e. The lowest BCUT2D eigenvalue weighted by molar-refractivity contribution is 0.0734. The minimum Gasteiger partial charge on any atom is -0.494 e. The molecular weight excluding hydrogens is 481 g/mol. The predicted octanol–water partition coefficient (Wildman–Crippen LogP) is 7.62. The number of carbonyl (C=O) groups is 1. The Kier molecular flexibility index (Phi) is 7.93. The Morgan fingerprint density at radius 2 is 1.35 bits per heavy atom. The minimum absolute atomic E-state index is 0.00415. The Balaban J connectivity index is 1.49. The lowest BCUT2D eigenvalue weighted by Crippen LogP contribution is -2.08. The summed E-state index contributed by atoms with van der Waals surface area (Å²) in [5.41, 5.74) is 1.21. The second kappa shape index (κ2) is 11.5. The quantitative estimate of drug-likeness (QED) is 0.134. The number of hydrogen-bond acceptors (Lipinski definition) is 4. The first kappa shape index (κ1) is 25.6. The second-order valence-electron chi connectivity index (χ2n) is 7.90. The average molecular weight is 505 g/mol. The molecule has 0 heterocycles. The number of hydrogen-bond donors (Lipinski definition) is 0. The normalized spacial score (nSPS) is 10.6. The average Bonchev–Trinajstić information content (AvgIpc) is 2.91. The number of ether oxygens (including phenoxy) is 3. The van der Waals surface area contributed by atoms with Crippen molar-refractivity contribution >= 4 is 5.97 Å². The first-order valence-corrected chi connectivity index (χ1v) is 11.5. The number of halogens is 3. The maximum Gasteiger partial charge on any atom is 0.343 e. The molecule has 4 nitrogen and oxygen atoms in total. The molecule has 0 spiro atoms. The molecule has 4 rings (SSSR count). The van der Waals surface area contributed by atoms with Crippen molar-refractivity contribution in [2.75, 3.05) is 13.2 Å². The van der Waals surface area contributed by atoms with Crippen LogP contribution in [0.1, 0.15) is 17.3 Å². The van der Waals surface area contributed by atoms with Crippen LogP contribution in [0.25, 0.3) is 22.3 Å². The van der Waals surface area contributed by atoms with Crippen LogP contribution < -0.4 is 14.2 Å². The summed E-state index contributed by atoms with van der Waals surface area (Å²) >= 11 is 0. The van der Waals surface area contributed by atoms with Crippen molar-refractivity contribution in [1.29, 1.82) is 0 Å². The highest BCUT2D eigenvalue weighted by atomic mass is 19.2. The van der Waals surface area contributed by atoms with Gasteiger partial charge in [-0.15, -0.1) is 0 Å². The molecule has 4 aromatic carbocycles. The zero-order valence-corrected chi connectivity index (χ0v) is 20.0. The molecule has 0 aromatic heterocycles. The van der Waals surface area contributed by atoms with Crippen LogP contribution in [0.2, 0.25) is 0 Å². The van der Waals surface area contributed by atoms with Crippen LogP contribution in [0, 0.1) is 17.5 Å². The first-order valence-electron chi connectivity index (χ1n) is 11.5. The highest BCUT2D eigenvalue weighted by Crippen LogP contribution is 2.32. The molecule has 0 unspecified atom stereocenters. The van der Waals surface area contributed by atoms with Gasteiger partial charge in [0.15, 0.2) is 23.2 Å². The van der Waals surface area contributed by atoms with E-state index in [4.69, 9.17) is 14.2 Å². The number of esters is 1. The molecule has 0 N–H and O–H groups in total. The second-order valence-corrected chi connectivity index (χ2v) is 7.90. The SMILES string of the molecule is C=CCOc1ccc(OC(=O)c2ccc(-c3ccc(-c4ccc(OCC)cc4)c(F)c3F)cc2)cc1F. The zero-order valence-electron chi connectivity index (χ0n) is 20.0. The Bertz CT molecular complexity index is 1410. The fraction of sp³-hybridized carbons (Fsp3) is 0.100. The molecule has 0 amide bonds. The van der Waals surface area contributed by atoms with Crippen molar-refractivity contribution in [2.24, 2.45) is 0 Å². The van der Waals surface area contributed by atoms with Crippen LogP contribution >= 0.6 is 0 Å². The van der Waals surface area contributed by atoms with Crippen LogP contribution in [0.3, 0.4) is 0 Å². The topological polar surface area (TPSA) is 44.8 Å². The van der Waals surface area contributed by atoms with E-state index in [1.807, 2.05) is 6.92 Å². The minimum atomic E-state index is -1.00. The molecule has 4 aromatic rings. The Hall–Kier alpha value is -4.52. The molecular formula is C30H23F3O4. The van der Waals surface area contributed by atoms with Gasteiger partial charge in [0.05, 0.1) is 12.2 Å². The maximum atomic E-state index is 15.0. The lowest BCUT2D eigenvalue weighted by Gasteiger charge is -2.11. The molecule has 0 aliphatic heterocycles. The van der Waals surface area contributed by atoms with E-state index in [0.717, 1.165) is 6.07 Å². The van der Waals surface area contributed by atoms with E-state index < -0.39 is 23.4 Å². The van der Waals surface area contributed by atoms with E-state index in [9.17, 15) is 18.0 Å². The van der Waals surface area contributed by atoms with Crippen LogP contribution in [-0.4, -0.2) is 19.2 Å². The standard InChI is InChI=1S/C30H23F3O4/c1-3-17-36-27-16-13-23(18-26(27)31)37-30(34)21-7-5-19(6-8-21)24-14-15-25(29(33)28(24)32)20-9-11-22(12-10-20)35-4-2/h3,5-16,18H,1,4,17H2,2H3. The Morgan fingerprint density at radius 1 is 0.784 bits per heavy atom. The predicted molar refractivity (Wildman–Crippen MR) is 135 cm³/mol. The van der Waals surface area contributed by atoms with E-state index in [2.05, 4.69) is 6.58 Å². The Labute approximate surface area is 212 Å². The molecule has 0 fully saturated rings. The third kappa shape index (κ3) is 5.83. The van der Waals surface area contributed by atoms with E-state index >= 15 is 0 Å². The van der Waals surface area contributed by atoms with Crippen molar-refractivity contribution in [3.05, 3.63) is 115 Å². The van der Waals surface area contributed by atoms with Gasteiger partial charge in [-0.05, 0) is 54.4 Å². The van der Waals surface area contributed by atoms with Gasteiger partial charge in [0, 0.05) is 17.2 Å². The van der Waals surface area contributed by atoms with E-state index in [1.54, 1.807) is 24.3 Å². The summed E-state index contributed by atoms with van der Waals surface area (Å²) in [6, 6.07) is 19.3. The monoisotopic (exact) mass is 504 g/mol. The van der Waals surface area contributed by atoms with Gasteiger partial charge in [-0.3, -0.25) is 0 Å². The molecule has 0 saturated heterocycles. The van der Waals surface area contributed by atoms with Crippen molar-refractivity contribution in [2.45, 2.75) is 6.92 Å². The fourth-order valence-corrected chi connectivity index (χ4v) is 3.66. The molecule has 0 aliphatic carbocycles. The van der Waals surface area contributed by atoms with Gasteiger partial charge >= 0.3 is 5.97 Å². The van der Waals surface area contributed by atoms with Crippen LogP contribution in [0.5, 0.6) is 17.2 Å². The van der Waals surface area contributed by atoms with Crippen LogP contribution in [-0.2, 0) is 0 Å². The number of benzene rings is 4. The third-order valence-corrected chi connectivity index (χ3v) is 5.46. The molecule has 0 aliphatic rings. The van der Waals surface area contributed by atoms with Gasteiger partial charge in [-0.1, -0.05) is 49.1 Å². The summed E-state index contributed by atoms with van der Waals surface area (Å²) in [5, 5.41) is 0. The summed E-state index contributed by atoms with van der Waals surface area (Å²) in [6.07, 6.45) is 1.48. The van der Waals surface area contributed by atoms with Crippen molar-refractivity contribution in [3.63, 3.8) is 0 Å². The van der Waals surface area contributed by atoms with Gasteiger partial charge in [-0.2, -0.15) is 0 Å². The summed E-state index contributed by atoms with van der Waals surface area (Å²) in [6.45, 7) is 6.00. The summed E-state index contributed by atoms with van der Waals surface area (Å²) in [5.74, 6) is -2.76. The van der Waals surface area contributed by atoms with Crippen molar-refractivity contribution in [3.8, 4) is 39.5 Å². The van der Waals surface area contributed by atoms with Crippen LogP contribution in [0.15, 0.2) is 91.5 Å². The molecule has 0 radical (unpaired) electrons. The van der Waals surface area contributed by atoms with Gasteiger partial charge < -0.3 is 14.2 Å². The number of rotatable bonds is 9. The van der Waals surface area contributed by atoms with E-state index in [1.165, 1.54) is 54.6 Å². The van der Waals surface area contributed by atoms with Crippen molar-refractivity contribution < 1.29 is 32.2 Å². The third-order valence-electron chi connectivity index (χ3n) is 5.46. The van der Waals surface area contributed by atoms with Crippen LogP contribution in [0.4, 0.5) is 13.2 Å². The van der Waals surface area contributed by atoms with Gasteiger partial charge in [0.1, 0.15) is 18.1 Å². The molecule has 0 saturated carbocycles. The molecule has 188 valence electrons. The summed E-state index contributed by atoms with van der Waals surface area (Å²) < 4.78 is 59.8. The van der Waals surface area contributed by atoms with Gasteiger partial charge in [0.25, 0.3) is 0 Å². The van der Waals surface area contributed by atoms with E-state index in [-0.39, 0.29) is 34.8 Å². The first-order chi connectivity index (χ1) is 17.9. The maximum absolute atomic E-state index is 15.0. The lowest BCUT2D eigenvalue weighted by atomic mass is 9.98. The molecule has 37 heavy (non-hydrogen) atoms. The number of carbonyl (C=O) groups excluding carboxylic acids is 1.